The Labute approximate surface area is 151 Å². The van der Waals surface area contributed by atoms with Crippen LogP contribution in [0.3, 0.4) is 0 Å². The van der Waals surface area contributed by atoms with E-state index in [2.05, 4.69) is 0 Å². The first-order valence-corrected chi connectivity index (χ1v) is 8.27. The molecule has 140 valence electrons. The molecule has 0 amide bonds. The molecule has 0 aliphatic heterocycles. The molecule has 2 aromatic rings. The molecule has 1 atom stereocenters. The molecule has 2 rings (SSSR count). The first-order valence-electron chi connectivity index (χ1n) is 8.27. The molecule has 26 heavy (non-hydrogen) atoms. The van der Waals surface area contributed by atoms with Crippen LogP contribution >= 0.6 is 0 Å². The van der Waals surface area contributed by atoms with Gasteiger partial charge in [0.05, 0.1) is 20.1 Å². The molecule has 4 nitrogen and oxygen atoms in total. The van der Waals surface area contributed by atoms with Gasteiger partial charge in [0.2, 0.25) is 0 Å². The zero-order chi connectivity index (χ0) is 19.3. The summed E-state index contributed by atoms with van der Waals surface area (Å²) in [7, 11) is 2.86. The summed E-state index contributed by atoms with van der Waals surface area (Å²) in [6, 6.07) is 8.64. The highest BCUT2D eigenvalue weighted by Crippen LogP contribution is 2.35. The smallest absolute Gasteiger partial charge is 0.305 e. The monoisotopic (exact) mass is 364 g/mol. The highest BCUT2D eigenvalue weighted by molar-refractivity contribution is 5.69. The number of esters is 1. The van der Waals surface area contributed by atoms with Crippen molar-refractivity contribution in [1.82, 2.24) is 0 Å². The van der Waals surface area contributed by atoms with Crippen LogP contribution in [-0.2, 0) is 9.53 Å². The van der Waals surface area contributed by atoms with Gasteiger partial charge in [0.1, 0.15) is 29.2 Å². The van der Waals surface area contributed by atoms with Crippen molar-refractivity contribution in [2.24, 2.45) is 0 Å². The number of rotatable bonds is 7. The zero-order valence-electron chi connectivity index (χ0n) is 15.2. The van der Waals surface area contributed by atoms with E-state index in [0.29, 0.717) is 11.5 Å². The molecule has 0 aromatic heterocycles. The summed E-state index contributed by atoms with van der Waals surface area (Å²) in [4.78, 5) is 11.7. The second-order valence-corrected chi connectivity index (χ2v) is 5.80. The van der Waals surface area contributed by atoms with E-state index in [9.17, 15) is 13.6 Å². The normalized spacial score (nSPS) is 12.0. The van der Waals surface area contributed by atoms with Gasteiger partial charge in [0, 0.05) is 18.6 Å². The molecule has 0 spiro atoms. The summed E-state index contributed by atoms with van der Waals surface area (Å²) in [5, 5.41) is 0. The number of methoxy groups -OCH3 is 2. The summed E-state index contributed by atoms with van der Waals surface area (Å²) in [5.41, 5.74) is 0.428. The minimum Gasteiger partial charge on any atom is -0.497 e. The number of carbonyl (C=O) groups is 1. The summed E-state index contributed by atoms with van der Waals surface area (Å²) in [6.07, 6.45) is -0.596. The Morgan fingerprint density at radius 3 is 1.77 bits per heavy atom. The lowest BCUT2D eigenvalue weighted by molar-refractivity contribution is -0.148. The zero-order valence-corrected chi connectivity index (χ0v) is 15.2. The first kappa shape index (κ1) is 19.7. The molecule has 1 unspecified atom stereocenters. The fourth-order valence-electron chi connectivity index (χ4n) is 2.81. The van der Waals surface area contributed by atoms with Gasteiger partial charge >= 0.3 is 5.97 Å². The predicted molar refractivity (Wildman–Crippen MR) is 93.6 cm³/mol. The Kier molecular flexibility index (Phi) is 6.55. The third-order valence-electron chi connectivity index (χ3n) is 4.16. The fourth-order valence-corrected chi connectivity index (χ4v) is 2.81. The Morgan fingerprint density at radius 1 is 0.962 bits per heavy atom. The van der Waals surface area contributed by atoms with Crippen molar-refractivity contribution in [2.75, 3.05) is 14.2 Å². The molecule has 0 aliphatic rings. The quantitative estimate of drug-likeness (QED) is 0.681. The van der Waals surface area contributed by atoms with Crippen molar-refractivity contribution in [1.29, 1.82) is 0 Å². The lowest BCUT2D eigenvalue weighted by Crippen LogP contribution is -2.25. The molecule has 0 saturated carbocycles. The Balaban J connectivity index is 2.54. The summed E-state index contributed by atoms with van der Waals surface area (Å²) in [6.45, 7) is 3.28. The molecular weight excluding hydrogens is 342 g/mol. The molecule has 0 radical (unpaired) electrons. The standard InChI is InChI=1S/C20H22F2O4/c1-5-19(23)26-12(2)20(15-8-6-13(24-3)10-17(15)21)16-9-7-14(25-4)11-18(16)22/h6-12,20H,5H2,1-4H3. The predicted octanol–water partition coefficient (Wildman–Crippen LogP) is 4.46. The van der Waals surface area contributed by atoms with Crippen LogP contribution in [0.2, 0.25) is 0 Å². The van der Waals surface area contributed by atoms with Crippen molar-refractivity contribution in [2.45, 2.75) is 32.3 Å². The van der Waals surface area contributed by atoms with Gasteiger partial charge in [-0.1, -0.05) is 19.1 Å². The summed E-state index contributed by atoms with van der Waals surface area (Å²) < 4.78 is 44.7. The van der Waals surface area contributed by atoms with Crippen molar-refractivity contribution in [3.8, 4) is 11.5 Å². The molecule has 6 heteroatoms. The summed E-state index contributed by atoms with van der Waals surface area (Å²) >= 11 is 0. The van der Waals surface area contributed by atoms with Gasteiger partial charge in [-0.15, -0.1) is 0 Å². The molecule has 2 aromatic carbocycles. The summed E-state index contributed by atoms with van der Waals surface area (Å²) in [5.74, 6) is -1.70. The van der Waals surface area contributed by atoms with E-state index in [-0.39, 0.29) is 17.5 Å². The maximum Gasteiger partial charge on any atom is 0.305 e. The number of hydrogen-bond acceptors (Lipinski definition) is 4. The van der Waals surface area contributed by atoms with Gasteiger partial charge in [-0.25, -0.2) is 8.78 Å². The number of ether oxygens (including phenoxy) is 3. The highest BCUT2D eigenvalue weighted by Gasteiger charge is 2.29. The minimum absolute atomic E-state index is 0.174. The van der Waals surface area contributed by atoms with Gasteiger partial charge in [-0.05, 0) is 30.2 Å². The fraction of sp³-hybridized carbons (Fsp3) is 0.350. The van der Waals surface area contributed by atoms with Crippen LogP contribution in [0.4, 0.5) is 8.78 Å². The molecule has 0 N–H and O–H groups in total. The van der Waals surface area contributed by atoms with Crippen LogP contribution in [0.15, 0.2) is 36.4 Å². The molecular formula is C20H22F2O4. The van der Waals surface area contributed by atoms with Gasteiger partial charge in [-0.2, -0.15) is 0 Å². The number of hydrogen-bond donors (Lipinski definition) is 0. The van der Waals surface area contributed by atoms with Crippen LogP contribution in [0.5, 0.6) is 11.5 Å². The third kappa shape index (κ3) is 4.31. The van der Waals surface area contributed by atoms with Gasteiger partial charge < -0.3 is 14.2 Å². The molecule has 0 fully saturated rings. The lowest BCUT2D eigenvalue weighted by Gasteiger charge is -2.26. The Bertz CT molecular complexity index is 723. The largest absolute Gasteiger partial charge is 0.497 e. The molecule has 0 aliphatic carbocycles. The van der Waals surface area contributed by atoms with Crippen molar-refractivity contribution >= 4 is 5.97 Å². The van der Waals surface area contributed by atoms with E-state index in [4.69, 9.17) is 14.2 Å². The van der Waals surface area contributed by atoms with E-state index in [1.807, 2.05) is 0 Å². The van der Waals surface area contributed by atoms with E-state index < -0.39 is 29.6 Å². The maximum atomic E-state index is 14.7. The number of halogens is 2. The topological polar surface area (TPSA) is 44.8 Å². The number of benzene rings is 2. The van der Waals surface area contributed by atoms with Gasteiger partial charge in [0.15, 0.2) is 0 Å². The Hall–Kier alpha value is -2.63. The SMILES string of the molecule is CCC(=O)OC(C)C(c1ccc(OC)cc1F)c1ccc(OC)cc1F. The molecule has 0 heterocycles. The Morgan fingerprint density at radius 2 is 1.42 bits per heavy atom. The third-order valence-corrected chi connectivity index (χ3v) is 4.16. The van der Waals surface area contributed by atoms with Crippen LogP contribution in [-0.4, -0.2) is 26.3 Å². The second-order valence-electron chi connectivity index (χ2n) is 5.80. The van der Waals surface area contributed by atoms with E-state index >= 15 is 0 Å². The maximum absolute atomic E-state index is 14.7. The van der Waals surface area contributed by atoms with Crippen molar-refractivity contribution < 1.29 is 27.8 Å². The average molecular weight is 364 g/mol. The van der Waals surface area contributed by atoms with Crippen LogP contribution in [0.25, 0.3) is 0 Å². The minimum atomic E-state index is -0.817. The molecule has 0 saturated heterocycles. The van der Waals surface area contributed by atoms with Crippen LogP contribution in [0.1, 0.15) is 37.3 Å². The average Bonchev–Trinajstić information content (AvgIpc) is 2.64. The van der Waals surface area contributed by atoms with E-state index in [0.717, 1.165) is 0 Å². The van der Waals surface area contributed by atoms with E-state index in [1.54, 1.807) is 26.0 Å². The molecule has 0 bridgehead atoms. The second kappa shape index (κ2) is 8.65. The van der Waals surface area contributed by atoms with Crippen molar-refractivity contribution in [3.05, 3.63) is 59.2 Å². The van der Waals surface area contributed by atoms with Crippen molar-refractivity contribution in [3.63, 3.8) is 0 Å². The van der Waals surface area contributed by atoms with Crippen LogP contribution in [0, 0.1) is 11.6 Å². The van der Waals surface area contributed by atoms with Gasteiger partial charge in [-0.3, -0.25) is 4.79 Å². The lowest BCUT2D eigenvalue weighted by atomic mass is 9.86. The van der Waals surface area contributed by atoms with Gasteiger partial charge in [0.25, 0.3) is 0 Å². The first-order chi connectivity index (χ1) is 12.4. The highest BCUT2D eigenvalue weighted by atomic mass is 19.1. The van der Waals surface area contributed by atoms with Crippen LogP contribution < -0.4 is 9.47 Å². The van der Waals surface area contributed by atoms with E-state index in [1.165, 1.54) is 38.5 Å². The number of carbonyl (C=O) groups excluding carboxylic acids is 1.